The molecule has 1 aliphatic rings. The highest BCUT2D eigenvalue weighted by molar-refractivity contribution is 7.75. The molecule has 2 aromatic rings. The molecule has 0 aliphatic carbocycles. The standard InChI is InChI=1S/C18H23P2/c1-3-7-17(8-4-1)15-20(13-11-19-12-14-20)16-18-9-5-2-6-10-18/h1-10,19H,11-16H2/q+1. The molecule has 20 heavy (non-hydrogen) atoms. The molecule has 0 spiro atoms. The van der Waals surface area contributed by atoms with Gasteiger partial charge in [0.25, 0.3) is 0 Å². The lowest BCUT2D eigenvalue weighted by Gasteiger charge is -2.31. The smallest absolute Gasteiger partial charge is 0.0846 e. The van der Waals surface area contributed by atoms with E-state index in [1.54, 1.807) is 11.1 Å². The van der Waals surface area contributed by atoms with Crippen LogP contribution in [0.4, 0.5) is 0 Å². The van der Waals surface area contributed by atoms with Crippen molar-refractivity contribution in [3.05, 3.63) is 71.8 Å². The van der Waals surface area contributed by atoms with Crippen molar-refractivity contribution in [2.24, 2.45) is 0 Å². The van der Waals surface area contributed by atoms with Gasteiger partial charge < -0.3 is 0 Å². The Morgan fingerprint density at radius 3 is 1.60 bits per heavy atom. The lowest BCUT2D eigenvalue weighted by molar-refractivity contribution is 1.19. The van der Waals surface area contributed by atoms with E-state index in [4.69, 9.17) is 0 Å². The van der Waals surface area contributed by atoms with E-state index in [9.17, 15) is 0 Å². The van der Waals surface area contributed by atoms with Crippen molar-refractivity contribution < 1.29 is 0 Å². The number of hydrogen-bond acceptors (Lipinski definition) is 0. The summed E-state index contributed by atoms with van der Waals surface area (Å²) in [4.78, 5) is 0. The van der Waals surface area contributed by atoms with Gasteiger partial charge in [0.2, 0.25) is 0 Å². The second kappa shape index (κ2) is 6.84. The Bertz CT molecular complexity index is 472. The Morgan fingerprint density at radius 2 is 1.15 bits per heavy atom. The van der Waals surface area contributed by atoms with Crippen LogP contribution in [0.25, 0.3) is 0 Å². The molecule has 1 heterocycles. The Balaban J connectivity index is 1.81. The summed E-state index contributed by atoms with van der Waals surface area (Å²) in [6.07, 6.45) is 8.69. The van der Waals surface area contributed by atoms with Crippen molar-refractivity contribution in [2.45, 2.75) is 12.3 Å². The monoisotopic (exact) mass is 301 g/mol. The van der Waals surface area contributed by atoms with Gasteiger partial charge >= 0.3 is 0 Å². The average Bonchev–Trinajstić information content (AvgIpc) is 2.50. The molecular formula is C18H23P2+. The number of hydrogen-bond donors (Lipinski definition) is 0. The summed E-state index contributed by atoms with van der Waals surface area (Å²) in [7, 11) is 0.391. The van der Waals surface area contributed by atoms with E-state index in [-0.39, 0.29) is 0 Å². The normalized spacial score (nSPS) is 17.8. The third kappa shape index (κ3) is 3.69. The van der Waals surface area contributed by atoms with Gasteiger partial charge in [-0.2, -0.15) is 0 Å². The first-order valence-corrected chi connectivity index (χ1v) is 11.4. The van der Waals surface area contributed by atoms with Crippen LogP contribution in [0, 0.1) is 0 Å². The quantitative estimate of drug-likeness (QED) is 0.689. The summed E-state index contributed by atoms with van der Waals surface area (Å²) in [6, 6.07) is 22.3. The molecular weight excluding hydrogens is 278 g/mol. The van der Waals surface area contributed by atoms with E-state index in [1.807, 2.05) is 0 Å². The zero-order valence-corrected chi connectivity index (χ0v) is 13.9. The highest BCUT2D eigenvalue weighted by atomic mass is 31.2. The number of rotatable bonds is 4. The van der Waals surface area contributed by atoms with Gasteiger partial charge in [-0.1, -0.05) is 60.7 Å². The summed E-state index contributed by atoms with van der Waals surface area (Å²) in [5.41, 5.74) is 3.11. The van der Waals surface area contributed by atoms with E-state index in [0.717, 1.165) is 0 Å². The van der Waals surface area contributed by atoms with Gasteiger partial charge in [0.05, 0.1) is 24.6 Å². The molecule has 2 aromatic carbocycles. The molecule has 0 unspecified atom stereocenters. The summed E-state index contributed by atoms with van der Waals surface area (Å²) in [5, 5.41) is 0. The second-order valence-corrected chi connectivity index (χ2v) is 11.5. The molecule has 1 fully saturated rings. The molecule has 1 saturated heterocycles. The Morgan fingerprint density at radius 1 is 0.700 bits per heavy atom. The average molecular weight is 301 g/mol. The highest BCUT2D eigenvalue weighted by Crippen LogP contribution is 2.66. The highest BCUT2D eigenvalue weighted by Gasteiger charge is 2.39. The summed E-state index contributed by atoms with van der Waals surface area (Å²) in [5.74, 6) is 0. The SMILES string of the molecule is c1ccc(C[P+]2(Cc3ccccc3)CCPCC2)cc1. The van der Waals surface area contributed by atoms with Crippen LogP contribution in [-0.2, 0) is 12.3 Å². The molecule has 0 bridgehead atoms. The molecule has 2 heteroatoms. The fourth-order valence-corrected chi connectivity index (χ4v) is 11.4. The first-order chi connectivity index (χ1) is 9.86. The Labute approximate surface area is 125 Å². The van der Waals surface area contributed by atoms with Crippen molar-refractivity contribution in [3.8, 4) is 0 Å². The topological polar surface area (TPSA) is 0 Å². The van der Waals surface area contributed by atoms with E-state index in [0.29, 0.717) is 0 Å². The van der Waals surface area contributed by atoms with Crippen LogP contribution < -0.4 is 0 Å². The second-order valence-electron chi connectivity index (χ2n) is 5.83. The summed E-state index contributed by atoms with van der Waals surface area (Å²) < 4.78 is 0. The fraction of sp³-hybridized carbons (Fsp3) is 0.333. The fourth-order valence-electron chi connectivity index (χ4n) is 3.18. The van der Waals surface area contributed by atoms with Gasteiger partial charge in [-0.15, -0.1) is 8.58 Å². The van der Waals surface area contributed by atoms with E-state index < -0.39 is 7.26 Å². The molecule has 3 rings (SSSR count). The predicted molar refractivity (Wildman–Crippen MR) is 95.0 cm³/mol. The van der Waals surface area contributed by atoms with Crippen LogP contribution in [-0.4, -0.2) is 24.6 Å². The van der Waals surface area contributed by atoms with Crippen molar-refractivity contribution in [2.75, 3.05) is 24.6 Å². The molecule has 0 amide bonds. The largest absolute Gasteiger partial charge is 0.115 e. The predicted octanol–water partition coefficient (Wildman–Crippen LogP) is 5.10. The third-order valence-corrected chi connectivity index (χ3v) is 10.7. The van der Waals surface area contributed by atoms with Crippen LogP contribution in [0.2, 0.25) is 0 Å². The molecule has 0 atom stereocenters. The van der Waals surface area contributed by atoms with Crippen molar-refractivity contribution in [3.63, 3.8) is 0 Å². The van der Waals surface area contributed by atoms with Crippen LogP contribution in [0.3, 0.4) is 0 Å². The Kier molecular flexibility index (Phi) is 4.87. The lowest BCUT2D eigenvalue weighted by Crippen LogP contribution is -2.16. The van der Waals surface area contributed by atoms with Crippen LogP contribution >= 0.6 is 15.8 Å². The molecule has 0 N–H and O–H groups in total. The Hall–Kier alpha value is -0.700. The minimum absolute atomic E-state index is 0.827. The molecule has 0 aromatic heterocycles. The maximum absolute atomic E-state index is 2.32. The van der Waals surface area contributed by atoms with Crippen molar-refractivity contribution in [1.29, 1.82) is 0 Å². The summed E-state index contributed by atoms with van der Waals surface area (Å²) in [6.45, 7) is 0. The van der Waals surface area contributed by atoms with Crippen LogP contribution in [0.1, 0.15) is 11.1 Å². The molecule has 0 nitrogen and oxygen atoms in total. The lowest BCUT2D eigenvalue weighted by atomic mass is 10.2. The first kappa shape index (κ1) is 14.2. The van der Waals surface area contributed by atoms with Crippen molar-refractivity contribution in [1.82, 2.24) is 0 Å². The van der Waals surface area contributed by atoms with E-state index >= 15 is 0 Å². The molecule has 104 valence electrons. The maximum Gasteiger partial charge on any atom is 0.0846 e. The zero-order chi connectivity index (χ0) is 13.7. The van der Waals surface area contributed by atoms with Gasteiger partial charge in [0.1, 0.15) is 0 Å². The van der Waals surface area contributed by atoms with E-state index in [1.165, 1.54) is 45.6 Å². The van der Waals surface area contributed by atoms with Crippen LogP contribution in [0.15, 0.2) is 60.7 Å². The minimum atomic E-state index is -0.827. The van der Waals surface area contributed by atoms with Gasteiger partial charge in [-0.3, -0.25) is 0 Å². The summed E-state index contributed by atoms with van der Waals surface area (Å²) >= 11 is 0. The van der Waals surface area contributed by atoms with Gasteiger partial charge in [0, 0.05) is 7.26 Å². The van der Waals surface area contributed by atoms with E-state index in [2.05, 4.69) is 60.7 Å². The number of benzene rings is 2. The van der Waals surface area contributed by atoms with Gasteiger partial charge in [-0.25, -0.2) is 0 Å². The minimum Gasteiger partial charge on any atom is -0.115 e. The van der Waals surface area contributed by atoms with Gasteiger partial charge in [0.15, 0.2) is 0 Å². The van der Waals surface area contributed by atoms with Crippen LogP contribution in [0.5, 0.6) is 0 Å². The molecule has 0 radical (unpaired) electrons. The zero-order valence-electron chi connectivity index (χ0n) is 12.0. The third-order valence-electron chi connectivity index (χ3n) is 4.25. The van der Waals surface area contributed by atoms with Crippen molar-refractivity contribution >= 4 is 15.8 Å². The maximum atomic E-state index is 2.32. The van der Waals surface area contributed by atoms with Gasteiger partial charge in [-0.05, 0) is 23.5 Å². The molecule has 1 aliphatic heterocycles. The first-order valence-electron chi connectivity index (χ1n) is 7.50. The molecule has 0 saturated carbocycles.